The van der Waals surface area contributed by atoms with Gasteiger partial charge in [0.25, 0.3) is 0 Å². The monoisotopic (exact) mass is 508 g/mol. The molecule has 0 radical (unpaired) electrons. The number of aromatic nitrogens is 2. The highest BCUT2D eigenvalue weighted by atomic mass is 19.1. The number of imidazole rings is 1. The molecule has 4 heterocycles. The molecule has 2 aromatic rings. The summed E-state index contributed by atoms with van der Waals surface area (Å²) < 4.78 is 15.9. The van der Waals surface area contributed by atoms with E-state index in [0.717, 1.165) is 61.4 Å². The molecular formula is C29H41FN6O. The van der Waals surface area contributed by atoms with Crippen LogP contribution in [0.4, 0.5) is 4.39 Å². The lowest BCUT2D eigenvalue weighted by atomic mass is 9.71. The number of aromatic hydroxyl groups is 1. The van der Waals surface area contributed by atoms with Gasteiger partial charge in [-0.3, -0.25) is 10.3 Å². The van der Waals surface area contributed by atoms with Crippen molar-refractivity contribution in [2.45, 2.75) is 75.7 Å². The highest BCUT2D eigenvalue weighted by molar-refractivity contribution is 5.63. The van der Waals surface area contributed by atoms with Gasteiger partial charge in [0.05, 0.1) is 24.0 Å². The quantitative estimate of drug-likeness (QED) is 0.491. The lowest BCUT2D eigenvalue weighted by molar-refractivity contribution is 0.131. The molecule has 1 aromatic carbocycles. The van der Waals surface area contributed by atoms with Crippen molar-refractivity contribution in [1.82, 2.24) is 30.6 Å². The first kappa shape index (κ1) is 25.0. The number of nitrogens with one attached hydrogen (secondary N) is 3. The molecule has 8 heteroatoms. The fourth-order valence-corrected chi connectivity index (χ4v) is 7.19. The number of hydrogen-bond acceptors (Lipinski definition) is 6. The molecule has 1 aliphatic carbocycles. The second kappa shape index (κ2) is 10.5. The summed E-state index contributed by atoms with van der Waals surface area (Å²) in [5, 5.41) is 9.89. The van der Waals surface area contributed by atoms with E-state index in [4.69, 9.17) is 4.98 Å². The van der Waals surface area contributed by atoms with Crippen LogP contribution in [0.5, 0.6) is 5.75 Å². The molecule has 200 valence electrons. The average Bonchev–Trinajstić information content (AvgIpc) is 3.58. The van der Waals surface area contributed by atoms with Crippen LogP contribution in [0, 0.1) is 5.92 Å². The van der Waals surface area contributed by atoms with Crippen LogP contribution >= 0.6 is 0 Å². The van der Waals surface area contributed by atoms with Gasteiger partial charge in [-0.1, -0.05) is 19.1 Å². The van der Waals surface area contributed by atoms with Crippen LogP contribution in [-0.4, -0.2) is 76.4 Å². The van der Waals surface area contributed by atoms with Gasteiger partial charge in [-0.15, -0.1) is 0 Å². The molecule has 3 fully saturated rings. The first-order valence-electron chi connectivity index (χ1n) is 14.2. The minimum absolute atomic E-state index is 0.0247. The first-order valence-corrected chi connectivity index (χ1v) is 14.2. The Kier molecular flexibility index (Phi) is 7.09. The maximum Gasteiger partial charge on any atom is 0.125 e. The maximum atomic E-state index is 15.9. The van der Waals surface area contributed by atoms with Crippen LogP contribution in [-0.2, 0) is 6.42 Å². The number of halogens is 1. The van der Waals surface area contributed by atoms with Crippen LogP contribution in [0.1, 0.15) is 73.6 Å². The number of hydrogen-bond donors (Lipinski definition) is 4. The summed E-state index contributed by atoms with van der Waals surface area (Å²) in [4.78, 5) is 13.4. The number of aryl methyl sites for hydroxylation is 1. The van der Waals surface area contributed by atoms with Crippen LogP contribution in [0.25, 0.3) is 5.57 Å². The topological polar surface area (TPSA) is 79.5 Å². The fraction of sp³-hybridized carbons (Fsp3) is 0.621. The van der Waals surface area contributed by atoms with Crippen LogP contribution in [0.3, 0.4) is 0 Å². The third-order valence-electron chi connectivity index (χ3n) is 9.42. The highest BCUT2D eigenvalue weighted by Gasteiger charge is 2.48. The number of fused-ring (bicyclic) bond motifs is 1. The molecule has 0 amide bonds. The van der Waals surface area contributed by atoms with Crippen molar-refractivity contribution in [2.24, 2.45) is 5.92 Å². The molecular weight excluding hydrogens is 467 g/mol. The van der Waals surface area contributed by atoms with E-state index in [-0.39, 0.29) is 29.7 Å². The Bertz CT molecular complexity index is 1130. The van der Waals surface area contributed by atoms with Gasteiger partial charge in [-0.05, 0) is 87.5 Å². The standard InChI is InChI=1S/C29H41FN6O/c1-3-18-16-21(37)4-5-22(18)23-6-7-24-27(26(23)30)33-34-28(24)29-31-17-25(32-29)19-8-14-36(15-9-19)20-10-12-35(2)13-11-20/h4-5,8,16-17,20,23-24,26-28,33-34,37H,3,6-7,9-15H2,1-2H3,(H,31,32). The molecule has 4 N–H and O–H groups in total. The summed E-state index contributed by atoms with van der Waals surface area (Å²) in [5.41, 5.74) is 11.2. The normalized spacial score (nSPS) is 31.9. The highest BCUT2D eigenvalue weighted by Crippen LogP contribution is 2.45. The molecule has 7 nitrogen and oxygen atoms in total. The van der Waals surface area contributed by atoms with Crippen molar-refractivity contribution in [3.8, 4) is 5.75 Å². The second-order valence-corrected chi connectivity index (χ2v) is 11.5. The summed E-state index contributed by atoms with van der Waals surface area (Å²) in [6.45, 7) is 6.56. The van der Waals surface area contributed by atoms with Gasteiger partial charge in [0, 0.05) is 31.0 Å². The molecule has 5 atom stereocenters. The van der Waals surface area contributed by atoms with Gasteiger partial charge in [0.2, 0.25) is 0 Å². The lowest BCUT2D eigenvalue weighted by Crippen LogP contribution is -2.45. The predicted molar refractivity (Wildman–Crippen MR) is 144 cm³/mol. The number of alkyl halides is 1. The number of benzene rings is 1. The van der Waals surface area contributed by atoms with Crippen molar-refractivity contribution < 1.29 is 9.50 Å². The molecule has 5 unspecified atom stereocenters. The van der Waals surface area contributed by atoms with E-state index >= 15 is 4.39 Å². The molecule has 0 bridgehead atoms. The molecule has 37 heavy (non-hydrogen) atoms. The Morgan fingerprint density at radius 3 is 2.70 bits per heavy atom. The fourth-order valence-electron chi connectivity index (χ4n) is 7.19. The summed E-state index contributed by atoms with van der Waals surface area (Å²) in [5.74, 6) is 1.14. The van der Waals surface area contributed by atoms with Crippen LogP contribution in [0.2, 0.25) is 0 Å². The van der Waals surface area contributed by atoms with E-state index < -0.39 is 6.17 Å². The first-order chi connectivity index (χ1) is 18.0. The Morgan fingerprint density at radius 1 is 1.11 bits per heavy atom. The number of piperidine rings is 1. The minimum atomic E-state index is -0.993. The van der Waals surface area contributed by atoms with E-state index in [1.807, 2.05) is 12.3 Å². The molecule has 1 aromatic heterocycles. The zero-order valence-electron chi connectivity index (χ0n) is 22.1. The summed E-state index contributed by atoms with van der Waals surface area (Å²) >= 11 is 0. The Morgan fingerprint density at radius 2 is 1.95 bits per heavy atom. The van der Waals surface area contributed by atoms with E-state index in [1.54, 1.807) is 12.1 Å². The van der Waals surface area contributed by atoms with Crippen LogP contribution < -0.4 is 10.9 Å². The summed E-state index contributed by atoms with van der Waals surface area (Å²) in [6.07, 6.45) is 9.41. The SMILES string of the molecule is CCc1cc(O)ccc1C1CCC2C(c3ncc(C4=CCN(C5CCN(C)CC5)CC4)[nH]3)NNC2C1F. The zero-order valence-corrected chi connectivity index (χ0v) is 22.1. The number of likely N-dealkylation sites (tertiary alicyclic amines) is 1. The largest absolute Gasteiger partial charge is 0.508 e. The van der Waals surface area contributed by atoms with Gasteiger partial charge in [-0.2, -0.15) is 0 Å². The van der Waals surface area contributed by atoms with Gasteiger partial charge < -0.3 is 15.0 Å². The van der Waals surface area contributed by atoms with Crippen molar-refractivity contribution in [3.63, 3.8) is 0 Å². The summed E-state index contributed by atoms with van der Waals surface area (Å²) in [6, 6.07) is 5.81. The van der Waals surface area contributed by atoms with E-state index in [1.165, 1.54) is 31.5 Å². The maximum absolute atomic E-state index is 15.9. The molecule has 2 saturated heterocycles. The zero-order chi connectivity index (χ0) is 25.5. The molecule has 3 aliphatic heterocycles. The second-order valence-electron chi connectivity index (χ2n) is 11.5. The number of phenolic OH excluding ortho intramolecular Hbond substituents is 1. The third kappa shape index (κ3) is 4.85. The smallest absolute Gasteiger partial charge is 0.125 e. The number of phenols is 1. The van der Waals surface area contributed by atoms with E-state index in [2.05, 4.69) is 45.7 Å². The van der Waals surface area contributed by atoms with Crippen molar-refractivity contribution >= 4 is 5.57 Å². The van der Waals surface area contributed by atoms with Gasteiger partial charge in [-0.25, -0.2) is 14.8 Å². The van der Waals surface area contributed by atoms with Crippen molar-refractivity contribution in [2.75, 3.05) is 33.2 Å². The lowest BCUT2D eigenvalue weighted by Gasteiger charge is -2.38. The Labute approximate surface area is 219 Å². The molecule has 0 spiro atoms. The van der Waals surface area contributed by atoms with Crippen molar-refractivity contribution in [3.05, 3.63) is 53.1 Å². The van der Waals surface area contributed by atoms with E-state index in [9.17, 15) is 5.11 Å². The number of H-pyrrole nitrogens is 1. The molecule has 6 rings (SSSR count). The number of aromatic amines is 1. The van der Waals surface area contributed by atoms with Gasteiger partial charge in [0.1, 0.15) is 17.7 Å². The molecule has 1 saturated carbocycles. The van der Waals surface area contributed by atoms with E-state index in [0.29, 0.717) is 6.04 Å². The molecule has 4 aliphatic rings. The van der Waals surface area contributed by atoms with Gasteiger partial charge >= 0.3 is 0 Å². The van der Waals surface area contributed by atoms with Crippen LogP contribution in [0.15, 0.2) is 30.5 Å². The predicted octanol–water partition coefficient (Wildman–Crippen LogP) is 3.91. The Balaban J connectivity index is 1.11. The Hall–Kier alpha value is -2.26. The number of nitrogens with zero attached hydrogens (tertiary/aromatic N) is 3. The third-order valence-corrected chi connectivity index (χ3v) is 9.42. The van der Waals surface area contributed by atoms with Crippen molar-refractivity contribution in [1.29, 1.82) is 0 Å². The number of hydrazine groups is 1. The summed E-state index contributed by atoms with van der Waals surface area (Å²) in [7, 11) is 2.22. The van der Waals surface area contributed by atoms with Gasteiger partial charge in [0.15, 0.2) is 0 Å². The average molecular weight is 509 g/mol. The number of rotatable bonds is 5. The minimum Gasteiger partial charge on any atom is -0.508 e.